The molecule has 0 bridgehead atoms. The Morgan fingerprint density at radius 2 is 0.650 bits per heavy atom. The molecule has 11 rings (SSSR count). The van der Waals surface area contributed by atoms with Crippen LogP contribution in [-0.2, 0) is 0 Å². The second kappa shape index (κ2) is 14.9. The molecule has 0 N–H and O–H groups in total. The third-order valence-corrected chi connectivity index (χ3v) is 10.8. The highest BCUT2D eigenvalue weighted by Gasteiger charge is 2.20. The van der Waals surface area contributed by atoms with E-state index in [1.807, 2.05) is 60.7 Å². The Kier molecular flexibility index (Phi) is 8.67. The van der Waals surface area contributed by atoms with Crippen LogP contribution in [0.5, 0.6) is 0 Å². The van der Waals surface area contributed by atoms with E-state index in [9.17, 15) is 0 Å². The molecule has 0 aliphatic heterocycles. The Morgan fingerprint density at radius 3 is 1.15 bits per heavy atom. The van der Waals surface area contributed by atoms with Gasteiger partial charge in [-0.05, 0) is 59.7 Å². The third-order valence-electron chi connectivity index (χ3n) is 10.8. The van der Waals surface area contributed by atoms with Crippen LogP contribution in [-0.4, -0.2) is 34.1 Å². The summed E-state index contributed by atoms with van der Waals surface area (Å²) in [5.74, 6) is 3.44. The lowest BCUT2D eigenvalue weighted by molar-refractivity contribution is 1.06. The summed E-state index contributed by atoms with van der Waals surface area (Å²) in [6, 6.07) is 72.6. The molecule has 3 heterocycles. The highest BCUT2D eigenvalue weighted by atomic mass is 15.1. The molecule has 0 aliphatic carbocycles. The monoisotopic (exact) mass is 769 g/mol. The van der Waals surface area contributed by atoms with Crippen LogP contribution in [0.2, 0.25) is 0 Å². The SMILES string of the molecule is c1ccc(-c2ccccc2-c2nc(-c3cccc(-n4c(-c5ccccc5)nc5ccccc54)c3)nc(-c3cccc(-n4c(-c5ccccc5)nc5ccccc54)c3)n2)cc1. The van der Waals surface area contributed by atoms with E-state index in [1.165, 1.54) is 0 Å². The first-order valence-electron chi connectivity index (χ1n) is 19.9. The molecule has 0 saturated heterocycles. The summed E-state index contributed by atoms with van der Waals surface area (Å²) in [7, 11) is 0. The van der Waals surface area contributed by atoms with E-state index < -0.39 is 0 Å². The molecule has 60 heavy (non-hydrogen) atoms. The van der Waals surface area contributed by atoms with Gasteiger partial charge in [0.2, 0.25) is 0 Å². The highest BCUT2D eigenvalue weighted by Crippen LogP contribution is 2.35. The summed E-state index contributed by atoms with van der Waals surface area (Å²) < 4.78 is 4.43. The largest absolute Gasteiger partial charge is 0.292 e. The lowest BCUT2D eigenvalue weighted by atomic mass is 9.99. The lowest BCUT2D eigenvalue weighted by Crippen LogP contribution is -2.03. The van der Waals surface area contributed by atoms with E-state index in [0.29, 0.717) is 17.5 Å². The van der Waals surface area contributed by atoms with E-state index in [4.69, 9.17) is 24.9 Å². The topological polar surface area (TPSA) is 74.3 Å². The van der Waals surface area contributed by atoms with Crippen molar-refractivity contribution in [3.05, 3.63) is 212 Å². The smallest absolute Gasteiger partial charge is 0.164 e. The predicted molar refractivity (Wildman–Crippen MR) is 242 cm³/mol. The van der Waals surface area contributed by atoms with Gasteiger partial charge >= 0.3 is 0 Å². The zero-order chi connectivity index (χ0) is 39.8. The molecule has 282 valence electrons. The summed E-state index contributed by atoms with van der Waals surface area (Å²) in [5.41, 5.74) is 12.6. The van der Waals surface area contributed by atoms with Crippen LogP contribution in [0.4, 0.5) is 0 Å². The fourth-order valence-corrected chi connectivity index (χ4v) is 8.01. The molecule has 7 nitrogen and oxygen atoms in total. The molecule has 0 unspecified atom stereocenters. The first kappa shape index (κ1) is 34.9. The minimum atomic E-state index is 0.564. The van der Waals surface area contributed by atoms with Crippen LogP contribution in [0.25, 0.3) is 102 Å². The first-order valence-corrected chi connectivity index (χ1v) is 19.9. The third kappa shape index (κ3) is 6.31. The van der Waals surface area contributed by atoms with Crippen LogP contribution < -0.4 is 0 Å². The minimum Gasteiger partial charge on any atom is -0.292 e. The lowest BCUT2D eigenvalue weighted by Gasteiger charge is -2.14. The molecule has 0 radical (unpaired) electrons. The van der Waals surface area contributed by atoms with Gasteiger partial charge in [0, 0.05) is 39.2 Å². The normalized spacial score (nSPS) is 11.3. The standard InChI is InChI=1S/C53H35N7/c1-4-18-36(19-5-1)43-28-10-11-29-44(43)51-57-49(39-24-16-26-41(34-39)59-47-32-14-12-30-45(47)54-52(59)37-20-6-2-7-21-37)56-50(58-51)40-25-17-27-42(35-40)60-48-33-15-13-31-46(48)55-53(60)38-22-8-3-9-23-38/h1-35H. The Balaban J connectivity index is 1.11. The van der Waals surface area contributed by atoms with E-state index >= 15 is 0 Å². The molecular weight excluding hydrogens is 735 g/mol. The number of aromatic nitrogens is 7. The van der Waals surface area contributed by atoms with Crippen LogP contribution >= 0.6 is 0 Å². The quantitative estimate of drug-likeness (QED) is 0.154. The number of imidazole rings is 2. The van der Waals surface area contributed by atoms with Crippen molar-refractivity contribution in [3.63, 3.8) is 0 Å². The molecule has 7 heteroatoms. The van der Waals surface area contributed by atoms with Gasteiger partial charge in [0.15, 0.2) is 17.5 Å². The van der Waals surface area contributed by atoms with Crippen LogP contribution in [0.15, 0.2) is 212 Å². The molecule has 0 spiro atoms. The summed E-state index contributed by atoms with van der Waals surface area (Å²) in [6.07, 6.45) is 0. The predicted octanol–water partition coefficient (Wildman–Crippen LogP) is 12.6. The van der Waals surface area contributed by atoms with Crippen molar-refractivity contribution < 1.29 is 0 Å². The molecular formula is C53H35N7. The van der Waals surface area contributed by atoms with Gasteiger partial charge < -0.3 is 0 Å². The fourth-order valence-electron chi connectivity index (χ4n) is 8.01. The van der Waals surface area contributed by atoms with Gasteiger partial charge in [-0.3, -0.25) is 9.13 Å². The average molecular weight is 770 g/mol. The maximum absolute atomic E-state index is 5.26. The summed E-state index contributed by atoms with van der Waals surface area (Å²) >= 11 is 0. The van der Waals surface area contributed by atoms with Crippen molar-refractivity contribution in [2.24, 2.45) is 0 Å². The number of hydrogen-bond donors (Lipinski definition) is 0. The number of nitrogens with zero attached hydrogens (tertiary/aromatic N) is 7. The Morgan fingerprint density at radius 1 is 0.267 bits per heavy atom. The van der Waals surface area contributed by atoms with Gasteiger partial charge in [-0.2, -0.15) is 0 Å². The molecule has 11 aromatic rings. The molecule has 0 fully saturated rings. The Bertz CT molecular complexity index is 3140. The van der Waals surface area contributed by atoms with Crippen LogP contribution in [0.3, 0.4) is 0 Å². The zero-order valence-corrected chi connectivity index (χ0v) is 32.3. The molecule has 8 aromatic carbocycles. The van der Waals surface area contributed by atoms with Crippen molar-refractivity contribution >= 4 is 22.1 Å². The Hall–Kier alpha value is -8.29. The minimum absolute atomic E-state index is 0.564. The van der Waals surface area contributed by atoms with E-state index in [2.05, 4.69) is 161 Å². The van der Waals surface area contributed by atoms with Gasteiger partial charge in [0.25, 0.3) is 0 Å². The average Bonchev–Trinajstić information content (AvgIpc) is 3.92. The zero-order valence-electron chi connectivity index (χ0n) is 32.3. The van der Waals surface area contributed by atoms with Crippen LogP contribution in [0, 0.1) is 0 Å². The number of benzene rings is 8. The van der Waals surface area contributed by atoms with E-state index in [0.717, 1.165) is 84.0 Å². The first-order chi connectivity index (χ1) is 29.7. The second-order valence-electron chi connectivity index (χ2n) is 14.6. The number of hydrogen-bond acceptors (Lipinski definition) is 5. The Labute approximate surface area is 346 Å². The van der Waals surface area contributed by atoms with Gasteiger partial charge in [-0.25, -0.2) is 24.9 Å². The van der Waals surface area contributed by atoms with Crippen molar-refractivity contribution in [2.45, 2.75) is 0 Å². The molecule has 0 aliphatic rings. The second-order valence-corrected chi connectivity index (χ2v) is 14.6. The van der Waals surface area contributed by atoms with Crippen LogP contribution in [0.1, 0.15) is 0 Å². The number of para-hydroxylation sites is 4. The van der Waals surface area contributed by atoms with E-state index in [-0.39, 0.29) is 0 Å². The number of fused-ring (bicyclic) bond motifs is 2. The van der Waals surface area contributed by atoms with Crippen molar-refractivity contribution in [2.75, 3.05) is 0 Å². The van der Waals surface area contributed by atoms with Crippen molar-refractivity contribution in [3.8, 4) is 79.4 Å². The molecule has 3 aromatic heterocycles. The molecule has 0 saturated carbocycles. The van der Waals surface area contributed by atoms with E-state index in [1.54, 1.807) is 0 Å². The summed E-state index contributed by atoms with van der Waals surface area (Å²) in [5, 5.41) is 0. The highest BCUT2D eigenvalue weighted by molar-refractivity contribution is 5.86. The maximum Gasteiger partial charge on any atom is 0.164 e. The summed E-state index contributed by atoms with van der Waals surface area (Å²) in [6.45, 7) is 0. The maximum atomic E-state index is 5.26. The van der Waals surface area contributed by atoms with Crippen molar-refractivity contribution in [1.29, 1.82) is 0 Å². The van der Waals surface area contributed by atoms with Gasteiger partial charge in [-0.1, -0.05) is 164 Å². The summed E-state index contributed by atoms with van der Waals surface area (Å²) in [4.78, 5) is 26.0. The molecule has 0 atom stereocenters. The van der Waals surface area contributed by atoms with Gasteiger partial charge in [0.1, 0.15) is 11.6 Å². The fraction of sp³-hybridized carbons (Fsp3) is 0. The van der Waals surface area contributed by atoms with Gasteiger partial charge in [0.05, 0.1) is 22.1 Å². The van der Waals surface area contributed by atoms with Crippen molar-refractivity contribution in [1.82, 2.24) is 34.1 Å². The number of rotatable bonds is 8. The molecule has 0 amide bonds. The van der Waals surface area contributed by atoms with Gasteiger partial charge in [-0.15, -0.1) is 0 Å².